The summed E-state index contributed by atoms with van der Waals surface area (Å²) in [4.78, 5) is 1.96. The van der Waals surface area contributed by atoms with Crippen LogP contribution in [0.5, 0.6) is 0 Å². The summed E-state index contributed by atoms with van der Waals surface area (Å²) in [6, 6.07) is 4.48. The second-order valence-electron chi connectivity index (χ2n) is 6.10. The predicted octanol–water partition coefficient (Wildman–Crippen LogP) is 3.97. The van der Waals surface area contributed by atoms with E-state index in [1.54, 1.807) is 6.07 Å². The second kappa shape index (κ2) is 5.52. The molecule has 1 N–H and O–H groups in total. The zero-order valence-electron chi connectivity index (χ0n) is 11.9. The van der Waals surface area contributed by atoms with Crippen LogP contribution in [-0.2, 0) is 12.8 Å². The molecule has 3 rings (SSSR count). The Morgan fingerprint density at radius 3 is 2.62 bits per heavy atom. The van der Waals surface area contributed by atoms with Crippen molar-refractivity contribution in [3.8, 4) is 0 Å². The zero-order chi connectivity index (χ0) is 15.0. The van der Waals surface area contributed by atoms with Crippen LogP contribution in [0.15, 0.2) is 18.2 Å². The van der Waals surface area contributed by atoms with Gasteiger partial charge in [-0.25, -0.2) is 0 Å². The minimum atomic E-state index is -4.38. The van der Waals surface area contributed by atoms with Crippen molar-refractivity contribution in [3.05, 3.63) is 29.3 Å². The highest BCUT2D eigenvalue weighted by atomic mass is 19.4. The molecule has 0 bridgehead atoms. The van der Waals surface area contributed by atoms with Gasteiger partial charge in [-0.2, -0.15) is 13.2 Å². The van der Waals surface area contributed by atoms with E-state index in [4.69, 9.17) is 5.11 Å². The molecule has 1 saturated carbocycles. The van der Waals surface area contributed by atoms with Gasteiger partial charge in [-0.15, -0.1) is 0 Å². The predicted molar refractivity (Wildman–Crippen MR) is 75.1 cm³/mol. The number of alkyl halides is 3. The highest BCUT2D eigenvalue weighted by molar-refractivity contribution is 5.57. The standard InChI is InChI=1S/C16H20F3NO/c17-16(18,19)13-9-11(10-21)6-7-15(13)20-8-2-4-12-3-1-5-14(12)20/h6-7,9,12,14,21H,1-5,8,10H2. The fourth-order valence-corrected chi connectivity index (χ4v) is 3.91. The fraction of sp³-hybridized carbons (Fsp3) is 0.625. The lowest BCUT2D eigenvalue weighted by Crippen LogP contribution is -2.43. The molecule has 0 amide bonds. The molecule has 2 atom stereocenters. The van der Waals surface area contributed by atoms with E-state index in [1.165, 1.54) is 6.07 Å². The summed E-state index contributed by atoms with van der Waals surface area (Å²) in [5.41, 5.74) is -0.0102. The van der Waals surface area contributed by atoms with Crippen molar-refractivity contribution in [3.63, 3.8) is 0 Å². The molecule has 1 aliphatic heterocycles. The number of hydrogen-bond donors (Lipinski definition) is 1. The van der Waals surface area contributed by atoms with Crippen LogP contribution in [0.25, 0.3) is 0 Å². The molecule has 21 heavy (non-hydrogen) atoms. The largest absolute Gasteiger partial charge is 0.418 e. The molecule has 5 heteroatoms. The fourth-order valence-electron chi connectivity index (χ4n) is 3.91. The molecule has 2 fully saturated rings. The Hall–Kier alpha value is -1.23. The average molecular weight is 299 g/mol. The Kier molecular flexibility index (Phi) is 3.86. The van der Waals surface area contributed by atoms with E-state index in [0.717, 1.165) is 38.2 Å². The van der Waals surface area contributed by atoms with Gasteiger partial charge in [-0.3, -0.25) is 0 Å². The Morgan fingerprint density at radius 1 is 1.14 bits per heavy atom. The summed E-state index contributed by atoms with van der Waals surface area (Å²) in [6.45, 7) is 0.331. The van der Waals surface area contributed by atoms with Crippen LogP contribution in [-0.4, -0.2) is 17.7 Å². The Labute approximate surface area is 122 Å². The van der Waals surface area contributed by atoms with Gasteiger partial charge < -0.3 is 10.0 Å². The number of aliphatic hydroxyl groups is 1. The number of halogens is 3. The van der Waals surface area contributed by atoms with Gasteiger partial charge >= 0.3 is 6.18 Å². The smallest absolute Gasteiger partial charge is 0.392 e. The van der Waals surface area contributed by atoms with E-state index in [0.29, 0.717) is 18.0 Å². The number of nitrogens with zero attached hydrogens (tertiary/aromatic N) is 1. The maximum absolute atomic E-state index is 13.4. The normalized spacial score (nSPS) is 26.0. The maximum atomic E-state index is 13.4. The first-order chi connectivity index (χ1) is 10.0. The highest BCUT2D eigenvalue weighted by Crippen LogP contribution is 2.43. The van der Waals surface area contributed by atoms with Crippen LogP contribution in [0.1, 0.15) is 43.2 Å². The number of rotatable bonds is 2. The number of benzene rings is 1. The molecule has 0 radical (unpaired) electrons. The lowest BCUT2D eigenvalue weighted by molar-refractivity contribution is -0.137. The van der Waals surface area contributed by atoms with E-state index in [2.05, 4.69) is 0 Å². The number of fused-ring (bicyclic) bond motifs is 1. The van der Waals surface area contributed by atoms with Gasteiger partial charge in [-0.05, 0) is 49.3 Å². The van der Waals surface area contributed by atoms with E-state index >= 15 is 0 Å². The maximum Gasteiger partial charge on any atom is 0.418 e. The van der Waals surface area contributed by atoms with E-state index in [-0.39, 0.29) is 18.3 Å². The molecule has 1 aromatic carbocycles. The van der Waals surface area contributed by atoms with Crippen LogP contribution >= 0.6 is 0 Å². The third-order valence-corrected chi connectivity index (χ3v) is 4.85. The molecule has 1 aromatic rings. The minimum absolute atomic E-state index is 0.250. The summed E-state index contributed by atoms with van der Waals surface area (Å²) >= 11 is 0. The van der Waals surface area contributed by atoms with Crippen molar-refractivity contribution < 1.29 is 18.3 Å². The van der Waals surface area contributed by atoms with Crippen LogP contribution in [0.3, 0.4) is 0 Å². The third-order valence-electron chi connectivity index (χ3n) is 4.85. The van der Waals surface area contributed by atoms with Crippen LogP contribution < -0.4 is 4.90 Å². The van der Waals surface area contributed by atoms with Crippen molar-refractivity contribution in [2.24, 2.45) is 5.92 Å². The van der Waals surface area contributed by atoms with Gasteiger partial charge in [-0.1, -0.05) is 12.5 Å². The van der Waals surface area contributed by atoms with Crippen LogP contribution in [0.2, 0.25) is 0 Å². The molecule has 1 aliphatic carbocycles. The number of aliphatic hydroxyl groups excluding tert-OH is 1. The quantitative estimate of drug-likeness (QED) is 0.893. The summed E-state index contributed by atoms with van der Waals surface area (Å²) < 4.78 is 40.1. The van der Waals surface area contributed by atoms with Gasteiger partial charge in [0.15, 0.2) is 0 Å². The third kappa shape index (κ3) is 2.76. The Morgan fingerprint density at radius 2 is 1.90 bits per heavy atom. The molecule has 0 spiro atoms. The molecule has 116 valence electrons. The van der Waals surface area contributed by atoms with Gasteiger partial charge in [0.2, 0.25) is 0 Å². The number of hydrogen-bond acceptors (Lipinski definition) is 2. The van der Waals surface area contributed by atoms with E-state index in [9.17, 15) is 13.2 Å². The number of anilines is 1. The summed E-state index contributed by atoms with van der Waals surface area (Å²) in [6.07, 6.45) is 0.951. The van der Waals surface area contributed by atoms with Gasteiger partial charge in [0, 0.05) is 18.3 Å². The van der Waals surface area contributed by atoms with Crippen molar-refractivity contribution in [1.82, 2.24) is 0 Å². The lowest BCUT2D eigenvalue weighted by Gasteiger charge is -2.40. The molecule has 2 aliphatic rings. The Balaban J connectivity index is 2.00. The van der Waals surface area contributed by atoms with E-state index < -0.39 is 11.7 Å². The average Bonchev–Trinajstić information content (AvgIpc) is 2.94. The molecular weight excluding hydrogens is 279 g/mol. The minimum Gasteiger partial charge on any atom is -0.392 e. The van der Waals surface area contributed by atoms with Gasteiger partial charge in [0.05, 0.1) is 12.2 Å². The molecule has 0 aromatic heterocycles. The first-order valence-electron chi connectivity index (χ1n) is 7.58. The SMILES string of the molecule is OCc1ccc(N2CCCC3CCCC32)c(C(F)(F)F)c1. The van der Waals surface area contributed by atoms with Crippen LogP contribution in [0.4, 0.5) is 18.9 Å². The van der Waals surface area contributed by atoms with Crippen molar-refractivity contribution in [2.75, 3.05) is 11.4 Å². The molecule has 2 unspecified atom stereocenters. The monoisotopic (exact) mass is 299 g/mol. The van der Waals surface area contributed by atoms with Gasteiger partial charge in [0.25, 0.3) is 0 Å². The number of piperidine rings is 1. The molecular formula is C16H20F3NO. The lowest BCUT2D eigenvalue weighted by atomic mass is 9.90. The summed E-state index contributed by atoms with van der Waals surface area (Å²) in [5, 5.41) is 9.10. The first kappa shape index (κ1) is 14.7. The first-order valence-corrected chi connectivity index (χ1v) is 7.58. The van der Waals surface area contributed by atoms with Crippen molar-refractivity contribution in [1.29, 1.82) is 0 Å². The van der Waals surface area contributed by atoms with Gasteiger partial charge in [0.1, 0.15) is 0 Å². The molecule has 1 heterocycles. The van der Waals surface area contributed by atoms with Crippen molar-refractivity contribution >= 4 is 5.69 Å². The Bertz CT molecular complexity index is 515. The molecule has 1 saturated heterocycles. The topological polar surface area (TPSA) is 23.5 Å². The summed E-state index contributed by atoms with van der Waals surface area (Å²) in [5.74, 6) is 0.539. The zero-order valence-corrected chi connectivity index (χ0v) is 11.9. The highest BCUT2D eigenvalue weighted by Gasteiger charge is 2.40. The van der Waals surface area contributed by atoms with Crippen molar-refractivity contribution in [2.45, 2.75) is 50.9 Å². The molecule has 2 nitrogen and oxygen atoms in total. The second-order valence-corrected chi connectivity index (χ2v) is 6.10. The van der Waals surface area contributed by atoms with Crippen LogP contribution in [0, 0.1) is 5.92 Å². The van der Waals surface area contributed by atoms with E-state index in [1.807, 2.05) is 4.90 Å². The summed E-state index contributed by atoms with van der Waals surface area (Å²) in [7, 11) is 0.